The summed E-state index contributed by atoms with van der Waals surface area (Å²) < 4.78 is 29.4. The molecule has 2 aromatic heterocycles. The maximum absolute atomic E-state index is 14.3. The van der Waals surface area contributed by atoms with Gasteiger partial charge < -0.3 is 16.4 Å². The van der Waals surface area contributed by atoms with Crippen LogP contribution in [0.25, 0.3) is 5.65 Å². The van der Waals surface area contributed by atoms with Gasteiger partial charge in [-0.3, -0.25) is 0 Å². The van der Waals surface area contributed by atoms with Gasteiger partial charge in [-0.05, 0) is 37.1 Å². The largest absolute Gasteiger partial charge is 0.382 e. The van der Waals surface area contributed by atoms with Crippen molar-refractivity contribution in [3.8, 4) is 0 Å². The number of hydrogen-bond acceptors (Lipinski definition) is 6. The van der Waals surface area contributed by atoms with Crippen LogP contribution in [0, 0.1) is 11.6 Å². The molecular weight excluding hydrogens is 358 g/mol. The Bertz CT molecular complexity index is 973. The van der Waals surface area contributed by atoms with Crippen molar-refractivity contribution < 1.29 is 8.78 Å². The second-order valence-corrected chi connectivity index (χ2v) is 6.87. The summed E-state index contributed by atoms with van der Waals surface area (Å²) >= 11 is 4.24. The van der Waals surface area contributed by atoms with E-state index < -0.39 is 17.0 Å². The molecule has 1 fully saturated rings. The summed E-state index contributed by atoms with van der Waals surface area (Å²) in [5.74, 6) is 0.0321. The standard InChI is InChI=1S/C17H18F2N6S/c18-9-3-4-11(19)10(8-9)12-2-1-6-24(12)13-5-7-25-17(22-13)14(16(21)26)15(20)23-25/h3-5,7-8,12,16,26H,1-2,6,21H2,(H2,20,23). The lowest BCUT2D eigenvalue weighted by molar-refractivity contribution is 0.560. The van der Waals surface area contributed by atoms with Gasteiger partial charge in [0.15, 0.2) is 11.5 Å². The Balaban J connectivity index is 1.78. The van der Waals surface area contributed by atoms with Crippen molar-refractivity contribution in [2.45, 2.75) is 24.3 Å². The van der Waals surface area contributed by atoms with Crippen LogP contribution in [0.2, 0.25) is 0 Å². The van der Waals surface area contributed by atoms with Crippen LogP contribution >= 0.6 is 12.6 Å². The molecule has 2 unspecified atom stereocenters. The highest BCUT2D eigenvalue weighted by molar-refractivity contribution is 7.80. The molecule has 0 bridgehead atoms. The number of aromatic nitrogens is 3. The maximum atomic E-state index is 14.3. The topological polar surface area (TPSA) is 85.5 Å². The minimum atomic E-state index is -0.620. The zero-order valence-corrected chi connectivity index (χ0v) is 14.7. The molecule has 1 aliphatic heterocycles. The molecule has 3 aromatic rings. The fourth-order valence-corrected chi connectivity index (χ4v) is 3.78. The first kappa shape index (κ1) is 17.0. The number of hydrogen-bond donors (Lipinski definition) is 3. The average molecular weight is 376 g/mol. The van der Waals surface area contributed by atoms with E-state index in [9.17, 15) is 8.78 Å². The highest BCUT2D eigenvalue weighted by Crippen LogP contribution is 2.37. The van der Waals surface area contributed by atoms with Crippen LogP contribution in [0.3, 0.4) is 0 Å². The number of nitrogens with zero attached hydrogens (tertiary/aromatic N) is 4. The second kappa shape index (κ2) is 6.40. The molecule has 1 aromatic carbocycles. The molecule has 0 saturated carbocycles. The number of anilines is 2. The van der Waals surface area contributed by atoms with Crippen LogP contribution in [0.1, 0.15) is 35.4 Å². The van der Waals surface area contributed by atoms with Gasteiger partial charge in [0, 0.05) is 18.3 Å². The third-order valence-electron chi connectivity index (χ3n) is 4.69. The third kappa shape index (κ3) is 2.77. The molecule has 4 N–H and O–H groups in total. The summed E-state index contributed by atoms with van der Waals surface area (Å²) in [6.07, 6.45) is 3.30. The van der Waals surface area contributed by atoms with Gasteiger partial charge in [0.05, 0.1) is 17.0 Å². The highest BCUT2D eigenvalue weighted by atomic mass is 32.1. The summed E-state index contributed by atoms with van der Waals surface area (Å²) in [5.41, 5.74) is 13.2. The normalized spacial score (nSPS) is 18.6. The van der Waals surface area contributed by atoms with E-state index in [1.54, 1.807) is 12.3 Å². The molecule has 0 amide bonds. The molecule has 136 valence electrons. The molecule has 0 aliphatic carbocycles. The number of halogens is 2. The number of thiol groups is 1. The Morgan fingerprint density at radius 1 is 1.27 bits per heavy atom. The number of rotatable bonds is 3. The maximum Gasteiger partial charge on any atom is 0.165 e. The van der Waals surface area contributed by atoms with E-state index in [1.165, 1.54) is 10.6 Å². The summed E-state index contributed by atoms with van der Waals surface area (Å²) in [5, 5.41) is 3.56. The summed E-state index contributed by atoms with van der Waals surface area (Å²) in [4.78, 5) is 6.60. The first-order chi connectivity index (χ1) is 12.5. The Morgan fingerprint density at radius 2 is 2.08 bits per heavy atom. The highest BCUT2D eigenvalue weighted by Gasteiger charge is 2.30. The smallest absolute Gasteiger partial charge is 0.165 e. The Hall–Kier alpha value is -2.39. The summed E-state index contributed by atoms with van der Waals surface area (Å²) in [6, 6.07) is 5.03. The minimum Gasteiger partial charge on any atom is -0.382 e. The van der Waals surface area contributed by atoms with Gasteiger partial charge in [-0.2, -0.15) is 12.6 Å². The molecule has 3 heterocycles. The summed E-state index contributed by atoms with van der Waals surface area (Å²) in [7, 11) is 0. The molecule has 4 rings (SSSR count). The number of nitrogen functional groups attached to an aromatic ring is 1. The van der Waals surface area contributed by atoms with Crippen LogP contribution in [-0.2, 0) is 0 Å². The van der Waals surface area contributed by atoms with Crippen LogP contribution < -0.4 is 16.4 Å². The summed E-state index contributed by atoms with van der Waals surface area (Å²) in [6.45, 7) is 0.690. The predicted molar refractivity (Wildman–Crippen MR) is 99.0 cm³/mol. The van der Waals surface area contributed by atoms with Crippen LogP contribution in [0.15, 0.2) is 30.5 Å². The zero-order chi connectivity index (χ0) is 18.4. The fourth-order valence-electron chi connectivity index (χ4n) is 3.53. The van der Waals surface area contributed by atoms with Crippen molar-refractivity contribution in [2.75, 3.05) is 17.2 Å². The van der Waals surface area contributed by atoms with Gasteiger partial charge in [-0.15, -0.1) is 5.10 Å². The fraction of sp³-hybridized carbons (Fsp3) is 0.294. The molecule has 6 nitrogen and oxygen atoms in total. The van der Waals surface area contributed by atoms with Crippen molar-refractivity contribution in [2.24, 2.45) is 5.73 Å². The van der Waals surface area contributed by atoms with E-state index in [-0.39, 0.29) is 11.9 Å². The number of benzene rings is 1. The van der Waals surface area contributed by atoms with Crippen molar-refractivity contribution in [3.05, 3.63) is 53.2 Å². The number of nitrogens with two attached hydrogens (primary N) is 2. The second-order valence-electron chi connectivity index (χ2n) is 6.31. The molecule has 0 radical (unpaired) electrons. The van der Waals surface area contributed by atoms with Crippen molar-refractivity contribution in [1.29, 1.82) is 0 Å². The van der Waals surface area contributed by atoms with Gasteiger partial charge >= 0.3 is 0 Å². The van der Waals surface area contributed by atoms with Crippen LogP contribution in [-0.4, -0.2) is 21.1 Å². The van der Waals surface area contributed by atoms with E-state index in [1.807, 2.05) is 4.90 Å². The minimum absolute atomic E-state index is 0.270. The molecular formula is C17H18F2N6S. The quantitative estimate of drug-likeness (QED) is 0.483. The molecule has 9 heteroatoms. The number of fused-ring (bicyclic) bond motifs is 1. The van der Waals surface area contributed by atoms with Gasteiger partial charge in [0.1, 0.15) is 17.5 Å². The van der Waals surface area contributed by atoms with Crippen molar-refractivity contribution in [1.82, 2.24) is 14.6 Å². The van der Waals surface area contributed by atoms with Gasteiger partial charge in [-0.25, -0.2) is 18.3 Å². The monoisotopic (exact) mass is 376 g/mol. The van der Waals surface area contributed by atoms with E-state index in [4.69, 9.17) is 11.5 Å². The van der Waals surface area contributed by atoms with Crippen LogP contribution in [0.5, 0.6) is 0 Å². The zero-order valence-electron chi connectivity index (χ0n) is 13.8. The van der Waals surface area contributed by atoms with E-state index in [0.29, 0.717) is 35.6 Å². The van der Waals surface area contributed by atoms with E-state index >= 15 is 0 Å². The molecule has 0 spiro atoms. The molecule has 2 atom stereocenters. The lowest BCUT2D eigenvalue weighted by Crippen LogP contribution is -2.24. The van der Waals surface area contributed by atoms with Gasteiger partial charge in [0.25, 0.3) is 0 Å². The third-order valence-corrected chi connectivity index (χ3v) is 4.95. The first-order valence-electron chi connectivity index (χ1n) is 8.25. The SMILES string of the molecule is Nc1nn2ccc(N3CCCC3c3cc(F)ccc3F)nc2c1C(N)S. The van der Waals surface area contributed by atoms with Crippen molar-refractivity contribution >= 4 is 29.9 Å². The first-order valence-corrected chi connectivity index (χ1v) is 8.77. The van der Waals surface area contributed by atoms with Crippen molar-refractivity contribution in [3.63, 3.8) is 0 Å². The van der Waals surface area contributed by atoms with Crippen LogP contribution in [0.4, 0.5) is 20.4 Å². The average Bonchev–Trinajstić information content (AvgIpc) is 3.19. The Kier molecular flexibility index (Phi) is 4.20. The van der Waals surface area contributed by atoms with Gasteiger partial charge in [0.2, 0.25) is 0 Å². The lowest BCUT2D eigenvalue weighted by atomic mass is 10.0. The predicted octanol–water partition coefficient (Wildman–Crippen LogP) is 2.82. The van der Waals surface area contributed by atoms with Gasteiger partial charge in [-0.1, -0.05) is 0 Å². The Morgan fingerprint density at radius 3 is 2.85 bits per heavy atom. The van der Waals surface area contributed by atoms with E-state index in [0.717, 1.165) is 18.6 Å². The Labute approximate surface area is 154 Å². The van der Waals surface area contributed by atoms with E-state index in [2.05, 4.69) is 22.7 Å². The molecule has 1 saturated heterocycles. The molecule has 1 aliphatic rings. The lowest BCUT2D eigenvalue weighted by Gasteiger charge is -2.26. The molecule has 26 heavy (non-hydrogen) atoms.